The fraction of sp³-hybridized carbons (Fsp3) is 0.434. The molecule has 5 unspecified atom stereocenters. The number of hydrogen-bond acceptors (Lipinski definition) is 10. The van der Waals surface area contributed by atoms with Gasteiger partial charge in [-0.1, -0.05) is 287 Å². The average Bonchev–Trinajstić information content (AvgIpc) is 0.778. The molecule has 0 aromatic heterocycles. The van der Waals surface area contributed by atoms with Gasteiger partial charge < -0.3 is 50.0 Å². The molecule has 0 aliphatic rings. The van der Waals surface area contributed by atoms with Gasteiger partial charge in [-0.2, -0.15) is 0 Å². The molecule has 30 heteroatoms. The van der Waals surface area contributed by atoms with Crippen molar-refractivity contribution in [2.24, 2.45) is 0 Å². The summed E-state index contributed by atoms with van der Waals surface area (Å²) in [6.45, 7) is 68.3. The van der Waals surface area contributed by atoms with Crippen LogP contribution in [0.25, 0.3) is 0 Å². The molecule has 0 spiro atoms. The third kappa shape index (κ3) is 48.3. The molecule has 0 saturated carbocycles. The van der Waals surface area contributed by atoms with E-state index in [4.69, 9.17) is 93.0 Å². The first kappa shape index (κ1) is 134. The maximum atomic E-state index is 11.2. The zero-order valence-electron chi connectivity index (χ0n) is 86.3. The van der Waals surface area contributed by atoms with E-state index in [9.17, 15) is 25.5 Å². The van der Waals surface area contributed by atoms with Gasteiger partial charge in [0, 0.05) is 70.4 Å². The second-order valence-electron chi connectivity index (χ2n) is 38.0. The van der Waals surface area contributed by atoms with Crippen molar-refractivity contribution in [3.8, 4) is 28.7 Å². The van der Waals surface area contributed by atoms with Gasteiger partial charge in [0.25, 0.3) is 0 Å². The Balaban J connectivity index is 0.000000820. The molecule has 5 N–H and O–H groups in total. The Morgan fingerprint density at radius 3 is 0.735 bits per heavy atom. The van der Waals surface area contributed by atoms with E-state index < -0.39 is 85.2 Å². The van der Waals surface area contributed by atoms with Crippen LogP contribution >= 0.6 is 136 Å². The van der Waals surface area contributed by atoms with Crippen LogP contribution in [0.2, 0.25) is 0 Å². The van der Waals surface area contributed by atoms with Crippen LogP contribution in [0, 0.1) is 69.2 Å². The average molecular weight is 2330 g/mol. The van der Waals surface area contributed by atoms with Crippen molar-refractivity contribution in [3.63, 3.8) is 0 Å². The molecular weight excluding hydrogens is 2170 g/mol. The van der Waals surface area contributed by atoms with Crippen LogP contribution in [0.1, 0.15) is 223 Å². The fourth-order valence-corrected chi connectivity index (χ4v) is 21.2. The first-order chi connectivity index (χ1) is 63.6. The van der Waals surface area contributed by atoms with E-state index in [0.717, 1.165) is 114 Å². The van der Waals surface area contributed by atoms with Crippen molar-refractivity contribution in [2.45, 2.75) is 241 Å². The minimum atomic E-state index is -0.556. The van der Waals surface area contributed by atoms with E-state index >= 15 is 0 Å². The van der Waals surface area contributed by atoms with Crippen LogP contribution in [0.3, 0.4) is 0 Å². The molecule has 0 amide bonds. The van der Waals surface area contributed by atoms with Crippen molar-refractivity contribution in [3.05, 3.63) is 263 Å². The molecule has 0 fully saturated rings. The molecule has 0 bridgehead atoms. The fourth-order valence-electron chi connectivity index (χ4n) is 14.2. The Labute approximate surface area is 914 Å². The Bertz CT molecular complexity index is 5170. The van der Waals surface area contributed by atoms with Crippen LogP contribution in [0.4, 0.5) is 0 Å². The third-order valence-electron chi connectivity index (χ3n) is 22.6. The number of phenols is 5. The Morgan fingerprint density at radius 1 is 0.250 bits per heavy atom. The van der Waals surface area contributed by atoms with E-state index in [2.05, 4.69) is 372 Å². The predicted octanol–water partition coefficient (Wildman–Crippen LogP) is 27.5. The van der Waals surface area contributed by atoms with E-state index in [1.807, 2.05) is 26.0 Å². The number of nitrogens with zero attached hydrogens (tertiary/aromatic N) is 5. The zero-order valence-corrected chi connectivity index (χ0v) is 107. The third-order valence-corrected chi connectivity index (χ3v) is 30.7. The summed E-state index contributed by atoms with van der Waals surface area (Å²) in [5, 5.41) is 65.3. The van der Waals surface area contributed by atoms with E-state index in [1.54, 1.807) is 6.07 Å². The molecule has 10 aromatic rings. The molecule has 0 aliphatic carbocycles. The van der Waals surface area contributed by atoms with Gasteiger partial charge in [0.05, 0.1) is 0 Å². The van der Waals surface area contributed by atoms with Crippen molar-refractivity contribution < 1.29 is 111 Å². The van der Waals surface area contributed by atoms with Crippen molar-refractivity contribution in [1.82, 2.24) is 24.5 Å². The number of hydrogen-bond donors (Lipinski definition) is 5. The molecule has 10 rings (SSSR count). The SMILES string of the molecule is CCN(C)Cc1cccc(C)c1Pc1cc(C(C)(C)C)cc(C(C)(C)C)c1O.CCN(C)Cc1cccc(C)c1Pc1cc(C(C)(C)C)cc(C)c1O.CCN(C)Cc1cccc(C)c1Pc1cc(C)cc(C(C)(C)C)c1O.CCN(C)Cc1cccc(C)c1Pc1cc(C)cc(C)c1O.CCN(C)Cc1cccc(C)c1Pc1cc(C)ccc1O.[Cl][Ti][Cl].[Cl][Ti][Cl].[Cl][Ti][Cl].[Cl][Ti][Cl].[Cl][Ti][Cl]. The summed E-state index contributed by atoms with van der Waals surface area (Å²) in [5.41, 5.74) is 23.5. The zero-order chi connectivity index (χ0) is 104. The summed E-state index contributed by atoms with van der Waals surface area (Å²) in [7, 11) is 62.0. The molecule has 0 aliphatic heterocycles. The summed E-state index contributed by atoms with van der Waals surface area (Å²) in [6.07, 6.45) is 0. The van der Waals surface area contributed by atoms with E-state index in [-0.39, 0.29) is 21.7 Å². The Morgan fingerprint density at radius 2 is 0.471 bits per heavy atom. The van der Waals surface area contributed by atoms with Gasteiger partial charge in [0.1, 0.15) is 28.7 Å². The molecular formula is C106H152Cl10N5O5P5Ti5. The van der Waals surface area contributed by atoms with Crippen LogP contribution in [0.15, 0.2) is 158 Å². The summed E-state index contributed by atoms with van der Waals surface area (Å²) in [5.74, 6) is 2.23. The molecule has 0 radical (unpaired) electrons. The topological polar surface area (TPSA) is 117 Å². The van der Waals surface area contributed by atoms with Crippen LogP contribution in [-0.4, -0.2) is 118 Å². The number of aromatic hydroxyl groups is 5. The van der Waals surface area contributed by atoms with Crippen molar-refractivity contribution in [1.29, 1.82) is 0 Å². The van der Waals surface area contributed by atoms with Crippen LogP contribution in [-0.2, 0) is 140 Å². The second kappa shape index (κ2) is 69.0. The van der Waals surface area contributed by atoms with Gasteiger partial charge >= 0.3 is 178 Å². The number of rotatable bonds is 25. The second-order valence-corrected chi connectivity index (χ2v) is 57.3. The molecule has 10 nitrogen and oxygen atoms in total. The Kier molecular flexibility index (Phi) is 67.8. The van der Waals surface area contributed by atoms with E-state index in [1.165, 1.54) is 110 Å². The van der Waals surface area contributed by atoms with Crippen LogP contribution in [0.5, 0.6) is 28.7 Å². The van der Waals surface area contributed by atoms with E-state index in [0.29, 0.717) is 71.7 Å². The van der Waals surface area contributed by atoms with Gasteiger partial charge in [0.2, 0.25) is 0 Å². The molecule has 10 aromatic carbocycles. The minimum absolute atomic E-state index is 0.0456. The van der Waals surface area contributed by atoms with Gasteiger partial charge in [-0.3, -0.25) is 0 Å². The van der Waals surface area contributed by atoms with Gasteiger partial charge in [-0.05, 0) is 311 Å². The van der Waals surface area contributed by atoms with Crippen molar-refractivity contribution in [2.75, 3.05) is 68.0 Å². The normalized spacial score (nSPS) is 11.5. The van der Waals surface area contributed by atoms with Gasteiger partial charge in [0.15, 0.2) is 0 Å². The molecule has 746 valence electrons. The molecule has 136 heavy (non-hydrogen) atoms. The monoisotopic (exact) mass is 2320 g/mol. The first-order valence-electron chi connectivity index (χ1n) is 45.3. The summed E-state index contributed by atoms with van der Waals surface area (Å²) >= 11 is -2.78. The molecule has 0 heterocycles. The number of halogens is 10. The standard InChI is InChI=1S/C25H38NOP.2C22H32NOP.C19H26NOP.C18H24NOP.10ClH.5Ti/c1-10-26(9)16-18-13-11-12-17(2)23(18)28-21-15-19(24(3,4)5)14-20(22(21)27)25(6,7)8;1-8-23(7)14-17-11-9-10-16(3)21(17)25-19-13-15(2)12-18(20(19)24)22(4,5)6;1-8-23(7)14-17-11-9-10-15(2)21(17)25-19-13-18(22(4,5)6)12-16(3)20(19)24;1-6-20(5)12-16-9-7-8-14(3)19(16)22-17-11-13(2)10-15(4)18(17)21;1-5-19(4)12-15-8-6-7-14(3)18(15)21-17-11-13(2)9-10-16(17)20;;;;;;;;;;;;;;;/h11-15,27-28H,10,16H2,1-9H3;2*9-13,24-25H,8,14H2,1-7H3;7-11,21-22H,6,12H2,1-5H3;6-11,20-21H,5,12H2,1-4H3;10*1H;;;;;/q;;;;;;;;;;;;;;;5*+2/p-10. The van der Waals surface area contributed by atoms with Crippen molar-refractivity contribution >= 4 is 189 Å². The quantitative estimate of drug-likeness (QED) is 0.0280. The van der Waals surface area contributed by atoms with Crippen LogP contribution < -0.4 is 53.0 Å². The molecule has 0 saturated heterocycles. The molecule has 5 atom stereocenters. The summed E-state index contributed by atoms with van der Waals surface area (Å²) in [4.78, 5) is 11.6. The van der Waals surface area contributed by atoms with Gasteiger partial charge in [-0.25, -0.2) is 0 Å². The summed E-state index contributed by atoms with van der Waals surface area (Å²) < 4.78 is 0. The number of aryl methyl sites for hydroxylation is 10. The summed E-state index contributed by atoms with van der Waals surface area (Å²) in [6, 6.07) is 55.6. The maximum absolute atomic E-state index is 11.2. The number of phenolic OH excluding ortho intramolecular Hbond substituents is 5. The number of benzene rings is 10. The van der Waals surface area contributed by atoms with Gasteiger partial charge in [-0.15, -0.1) is 0 Å². The first-order valence-corrected chi connectivity index (χ1v) is 71.8. The Hall–Kier alpha value is -0.379. The predicted molar refractivity (Wildman–Crippen MR) is 601 cm³/mol.